The molecule has 0 saturated heterocycles. The van der Waals surface area contributed by atoms with Crippen LogP contribution in [0.5, 0.6) is 11.5 Å². The predicted octanol–water partition coefficient (Wildman–Crippen LogP) is 5.15. The van der Waals surface area contributed by atoms with E-state index in [0.29, 0.717) is 42.3 Å². The van der Waals surface area contributed by atoms with Crippen molar-refractivity contribution in [3.8, 4) is 17.6 Å². The average Bonchev–Trinajstić information content (AvgIpc) is 2.76. The van der Waals surface area contributed by atoms with Crippen LogP contribution in [-0.4, -0.2) is 18.8 Å². The number of benzene rings is 2. The Morgan fingerprint density at radius 2 is 1.91 bits per heavy atom. The number of carbonyl (C=O) groups is 1. The minimum Gasteiger partial charge on any atom is -0.493 e. The van der Waals surface area contributed by atoms with Crippen LogP contribution in [0.2, 0.25) is 0 Å². The molecule has 32 heavy (non-hydrogen) atoms. The maximum atomic E-state index is 13.1. The third-order valence-electron chi connectivity index (χ3n) is 5.96. The van der Waals surface area contributed by atoms with Crippen molar-refractivity contribution in [2.75, 3.05) is 7.11 Å². The molecule has 1 aliphatic carbocycles. The molecular formula is C26H26N2O4. The van der Waals surface area contributed by atoms with Crippen molar-refractivity contribution in [2.24, 2.45) is 11.3 Å². The number of carbonyl (C=O) groups excluding carboxylic acids is 1. The molecule has 0 aromatic heterocycles. The number of allylic oxidation sites excluding steroid dienone is 2. The van der Waals surface area contributed by atoms with Gasteiger partial charge in [0.1, 0.15) is 18.3 Å². The van der Waals surface area contributed by atoms with Gasteiger partial charge in [-0.25, -0.2) is 0 Å². The topological polar surface area (TPSA) is 92.4 Å². The Balaban J connectivity index is 1.71. The molecule has 2 aliphatic rings. The molecular weight excluding hydrogens is 404 g/mol. The zero-order valence-corrected chi connectivity index (χ0v) is 18.5. The first-order valence-corrected chi connectivity index (χ1v) is 10.6. The highest BCUT2D eigenvalue weighted by molar-refractivity contribution is 6.01. The molecule has 0 saturated carbocycles. The van der Waals surface area contributed by atoms with E-state index in [1.807, 2.05) is 50.2 Å². The highest BCUT2D eigenvalue weighted by Crippen LogP contribution is 2.48. The second-order valence-electron chi connectivity index (χ2n) is 9.01. The summed E-state index contributed by atoms with van der Waals surface area (Å²) < 4.78 is 17.2. The maximum Gasteiger partial charge on any atom is 0.205 e. The first kappa shape index (κ1) is 21.6. The third-order valence-corrected chi connectivity index (χ3v) is 5.96. The van der Waals surface area contributed by atoms with Crippen LogP contribution < -0.4 is 9.47 Å². The number of nitriles is 1. The Hall–Kier alpha value is -3.59. The summed E-state index contributed by atoms with van der Waals surface area (Å²) in [6.45, 7) is 4.41. The monoisotopic (exact) mass is 430 g/mol. The van der Waals surface area contributed by atoms with Gasteiger partial charge in [0.05, 0.1) is 13.2 Å². The van der Waals surface area contributed by atoms with Gasteiger partial charge in [-0.2, -0.15) is 5.26 Å². The molecule has 0 fully saturated rings. The zero-order valence-electron chi connectivity index (χ0n) is 18.5. The number of rotatable bonds is 5. The molecule has 4 rings (SSSR count). The molecule has 164 valence electrons. The Labute approximate surface area is 187 Å². The van der Waals surface area contributed by atoms with Gasteiger partial charge in [-0.15, -0.1) is 0 Å². The van der Waals surface area contributed by atoms with Gasteiger partial charge in [0.25, 0.3) is 0 Å². The van der Waals surface area contributed by atoms with E-state index < -0.39 is 11.8 Å². The maximum absolute atomic E-state index is 13.1. The van der Waals surface area contributed by atoms with E-state index in [0.717, 1.165) is 11.1 Å². The highest BCUT2D eigenvalue weighted by atomic mass is 16.5. The molecule has 1 N–H and O–H groups in total. The Kier molecular flexibility index (Phi) is 5.75. The Morgan fingerprint density at radius 1 is 1.16 bits per heavy atom. The van der Waals surface area contributed by atoms with E-state index in [9.17, 15) is 10.1 Å². The van der Waals surface area contributed by atoms with Crippen molar-refractivity contribution in [2.45, 2.75) is 39.2 Å². The standard InChI is InChI=1S/C26H26N2O4/c1-26(2)12-19(29)24-22(13-26)32-25(28)18(14-27)23(24)17-9-10-20(21(11-17)30-3)31-15-16-7-5-4-6-8-16/h4-11,18,23,28H,12-13,15H2,1-3H3. The van der Waals surface area contributed by atoms with Gasteiger partial charge in [0, 0.05) is 24.3 Å². The van der Waals surface area contributed by atoms with Gasteiger partial charge >= 0.3 is 0 Å². The molecule has 6 nitrogen and oxygen atoms in total. The number of hydrogen-bond acceptors (Lipinski definition) is 6. The van der Waals surface area contributed by atoms with Crippen LogP contribution >= 0.6 is 0 Å². The fourth-order valence-corrected chi connectivity index (χ4v) is 4.45. The number of nitrogens with one attached hydrogen (secondary N) is 1. The van der Waals surface area contributed by atoms with Gasteiger partial charge < -0.3 is 14.2 Å². The van der Waals surface area contributed by atoms with E-state index >= 15 is 0 Å². The summed E-state index contributed by atoms with van der Waals surface area (Å²) in [5.41, 5.74) is 2.03. The lowest BCUT2D eigenvalue weighted by atomic mass is 9.68. The molecule has 1 heterocycles. The van der Waals surface area contributed by atoms with Crippen molar-refractivity contribution in [1.82, 2.24) is 0 Å². The van der Waals surface area contributed by atoms with Crippen LogP contribution in [0.4, 0.5) is 0 Å². The molecule has 0 spiro atoms. The molecule has 2 unspecified atom stereocenters. The fourth-order valence-electron chi connectivity index (χ4n) is 4.45. The van der Waals surface area contributed by atoms with E-state index in [4.69, 9.17) is 19.6 Å². The predicted molar refractivity (Wildman–Crippen MR) is 119 cm³/mol. The molecule has 0 radical (unpaired) electrons. The first-order valence-electron chi connectivity index (χ1n) is 10.6. The molecule has 2 atom stereocenters. The summed E-state index contributed by atoms with van der Waals surface area (Å²) in [5, 5.41) is 18.1. The van der Waals surface area contributed by atoms with Crippen molar-refractivity contribution >= 4 is 11.7 Å². The fraction of sp³-hybridized carbons (Fsp3) is 0.346. The van der Waals surface area contributed by atoms with Gasteiger partial charge in [-0.3, -0.25) is 10.2 Å². The van der Waals surface area contributed by atoms with Gasteiger partial charge in [0.2, 0.25) is 5.90 Å². The zero-order chi connectivity index (χ0) is 22.9. The molecule has 1 aliphatic heterocycles. The van der Waals surface area contributed by atoms with Crippen molar-refractivity contribution < 1.29 is 19.0 Å². The lowest BCUT2D eigenvalue weighted by molar-refractivity contribution is -0.119. The minimum atomic E-state index is -0.875. The van der Waals surface area contributed by atoms with Gasteiger partial charge in [-0.05, 0) is 28.7 Å². The first-order chi connectivity index (χ1) is 15.3. The van der Waals surface area contributed by atoms with Crippen LogP contribution in [0.3, 0.4) is 0 Å². The summed E-state index contributed by atoms with van der Waals surface area (Å²) in [7, 11) is 1.56. The molecule has 0 amide bonds. The van der Waals surface area contributed by atoms with Crippen LogP contribution in [0.1, 0.15) is 43.7 Å². The summed E-state index contributed by atoms with van der Waals surface area (Å²) in [6, 6.07) is 17.4. The number of Topliss-reactive ketones (excluding diaryl/α,β-unsaturated/α-hetero) is 1. The summed E-state index contributed by atoms with van der Waals surface area (Å²) in [4.78, 5) is 13.1. The average molecular weight is 431 g/mol. The molecule has 2 aromatic rings. The molecule has 2 aromatic carbocycles. The summed E-state index contributed by atoms with van der Waals surface area (Å²) >= 11 is 0. The van der Waals surface area contributed by atoms with Gasteiger partial charge in [-0.1, -0.05) is 50.2 Å². The van der Waals surface area contributed by atoms with Crippen LogP contribution in [0, 0.1) is 28.1 Å². The summed E-state index contributed by atoms with van der Waals surface area (Å²) in [6.07, 6.45) is 0.938. The normalized spacial score (nSPS) is 21.9. The number of nitrogens with zero attached hydrogens (tertiary/aromatic N) is 1. The smallest absolute Gasteiger partial charge is 0.205 e. The van der Waals surface area contributed by atoms with Crippen LogP contribution in [0.25, 0.3) is 0 Å². The number of hydrogen-bond donors (Lipinski definition) is 1. The van der Waals surface area contributed by atoms with E-state index in [-0.39, 0.29) is 17.1 Å². The SMILES string of the molecule is COc1cc(C2C3=C(CC(C)(C)CC3=O)OC(=N)C2C#N)ccc1OCc1ccccc1. The third kappa shape index (κ3) is 4.11. The van der Waals surface area contributed by atoms with E-state index in [1.54, 1.807) is 19.2 Å². The van der Waals surface area contributed by atoms with Crippen molar-refractivity contribution in [3.05, 3.63) is 71.0 Å². The molecule has 6 heteroatoms. The summed E-state index contributed by atoms with van der Waals surface area (Å²) in [5.74, 6) is -0.00447. The van der Waals surface area contributed by atoms with Crippen molar-refractivity contribution in [3.63, 3.8) is 0 Å². The number of ether oxygens (including phenoxy) is 3. The largest absolute Gasteiger partial charge is 0.493 e. The second kappa shape index (κ2) is 8.51. The van der Waals surface area contributed by atoms with Gasteiger partial charge in [0.15, 0.2) is 17.3 Å². The van der Waals surface area contributed by atoms with E-state index in [2.05, 4.69) is 6.07 Å². The molecule has 0 bridgehead atoms. The highest BCUT2D eigenvalue weighted by Gasteiger charge is 2.46. The lowest BCUT2D eigenvalue weighted by Crippen LogP contribution is -2.38. The van der Waals surface area contributed by atoms with E-state index in [1.165, 1.54) is 0 Å². The lowest BCUT2D eigenvalue weighted by Gasteiger charge is -2.39. The Bertz CT molecular complexity index is 1130. The quantitative estimate of drug-likeness (QED) is 0.708. The number of ketones is 1. The second-order valence-corrected chi connectivity index (χ2v) is 9.01. The minimum absolute atomic E-state index is 0.0302. The van der Waals surface area contributed by atoms with Crippen LogP contribution in [-0.2, 0) is 16.1 Å². The van der Waals surface area contributed by atoms with Crippen LogP contribution in [0.15, 0.2) is 59.9 Å². The van der Waals surface area contributed by atoms with Crippen molar-refractivity contribution in [1.29, 1.82) is 10.7 Å². The number of methoxy groups -OCH3 is 1. The Morgan fingerprint density at radius 3 is 2.59 bits per heavy atom.